The Hall–Kier alpha value is -3.41. The Labute approximate surface area is 163 Å². The van der Waals surface area contributed by atoms with Crippen LogP contribution >= 0.6 is 0 Å². The lowest BCUT2D eigenvalue weighted by Gasteiger charge is -2.15. The van der Waals surface area contributed by atoms with Crippen LogP contribution in [0.15, 0.2) is 42.0 Å². The van der Waals surface area contributed by atoms with Crippen LogP contribution < -0.4 is 15.4 Å². The molecule has 1 aliphatic heterocycles. The molecule has 0 spiro atoms. The Bertz CT molecular complexity index is 950. The van der Waals surface area contributed by atoms with Crippen LogP contribution in [0.3, 0.4) is 0 Å². The molecule has 2 N–H and O–H groups in total. The van der Waals surface area contributed by atoms with Gasteiger partial charge in [0.2, 0.25) is 0 Å². The molecule has 1 heterocycles. The van der Waals surface area contributed by atoms with Gasteiger partial charge in [-0.05, 0) is 49.6 Å². The van der Waals surface area contributed by atoms with Gasteiger partial charge >= 0.3 is 6.03 Å². The van der Waals surface area contributed by atoms with E-state index in [1.807, 2.05) is 19.1 Å². The molecule has 0 aliphatic carbocycles. The van der Waals surface area contributed by atoms with Crippen molar-refractivity contribution >= 4 is 23.9 Å². The maximum atomic E-state index is 11.9. The topological polar surface area (TPSA) is 84.5 Å². The Balaban J connectivity index is 1.92. The molecule has 28 heavy (non-hydrogen) atoms. The number of rotatable bonds is 5. The van der Waals surface area contributed by atoms with Gasteiger partial charge in [-0.2, -0.15) is 0 Å². The molecule has 1 fully saturated rings. The molecular weight excluding hydrogens is 356 g/mol. The van der Waals surface area contributed by atoms with Gasteiger partial charge in [-0.25, -0.2) is 4.79 Å². The van der Waals surface area contributed by atoms with Crippen LogP contribution in [-0.2, 0) is 16.0 Å². The van der Waals surface area contributed by atoms with Crippen LogP contribution in [0.25, 0.3) is 6.08 Å². The number of imide groups is 2. The summed E-state index contributed by atoms with van der Waals surface area (Å²) in [6.07, 6.45) is 2.16. The number of hydrogen-bond acceptors (Lipinski definition) is 4. The van der Waals surface area contributed by atoms with E-state index in [2.05, 4.69) is 42.7 Å². The molecule has 2 aromatic rings. The summed E-state index contributed by atoms with van der Waals surface area (Å²) in [6, 6.07) is 11.2. The van der Waals surface area contributed by atoms with Crippen molar-refractivity contribution in [3.63, 3.8) is 0 Å². The van der Waals surface area contributed by atoms with Gasteiger partial charge in [-0.3, -0.25) is 20.2 Å². The summed E-state index contributed by atoms with van der Waals surface area (Å²) >= 11 is 0. The van der Waals surface area contributed by atoms with E-state index in [4.69, 9.17) is 4.74 Å². The Morgan fingerprint density at radius 1 is 0.929 bits per heavy atom. The fraction of sp³-hybridized carbons (Fsp3) is 0.227. The molecule has 1 saturated heterocycles. The number of nitrogens with one attached hydrogen (secondary N) is 2. The second-order valence-electron chi connectivity index (χ2n) is 6.77. The lowest BCUT2D eigenvalue weighted by molar-refractivity contribution is -0.123. The first-order chi connectivity index (χ1) is 13.4. The first-order valence-electron chi connectivity index (χ1n) is 9.07. The minimum absolute atomic E-state index is 0.121. The SMILES string of the molecule is CCOc1cc(C=C2C(=O)NC(=O)NC2=O)ccc1Cc1cc(C)cc(C)c1. The number of hydrogen-bond donors (Lipinski definition) is 2. The number of carbonyl (C=O) groups is 3. The monoisotopic (exact) mass is 378 g/mol. The molecule has 0 radical (unpaired) electrons. The maximum Gasteiger partial charge on any atom is 0.328 e. The van der Waals surface area contributed by atoms with Crippen molar-refractivity contribution in [2.24, 2.45) is 0 Å². The van der Waals surface area contributed by atoms with Crippen LogP contribution in [0.1, 0.15) is 34.7 Å². The van der Waals surface area contributed by atoms with Gasteiger partial charge in [-0.1, -0.05) is 41.5 Å². The quantitative estimate of drug-likeness (QED) is 0.619. The second kappa shape index (κ2) is 8.08. The average Bonchev–Trinajstić information content (AvgIpc) is 2.59. The van der Waals surface area contributed by atoms with E-state index in [0.717, 1.165) is 5.56 Å². The fourth-order valence-corrected chi connectivity index (χ4v) is 3.26. The highest BCUT2D eigenvalue weighted by molar-refractivity contribution is 6.31. The number of ether oxygens (including phenoxy) is 1. The van der Waals surface area contributed by atoms with Crippen molar-refractivity contribution in [2.75, 3.05) is 6.61 Å². The minimum atomic E-state index is -0.814. The molecule has 6 nitrogen and oxygen atoms in total. The number of carbonyl (C=O) groups excluding carboxylic acids is 3. The Morgan fingerprint density at radius 2 is 1.57 bits per heavy atom. The van der Waals surface area contributed by atoms with Crippen LogP contribution in [-0.4, -0.2) is 24.5 Å². The number of benzene rings is 2. The summed E-state index contributed by atoms with van der Waals surface area (Å²) in [5, 5.41) is 4.13. The third-order valence-electron chi connectivity index (χ3n) is 4.32. The van der Waals surface area contributed by atoms with Crippen molar-refractivity contribution in [3.8, 4) is 5.75 Å². The van der Waals surface area contributed by atoms with Gasteiger partial charge in [0, 0.05) is 6.42 Å². The van der Waals surface area contributed by atoms with Gasteiger partial charge in [0.15, 0.2) is 0 Å². The Kier molecular flexibility index (Phi) is 5.59. The molecule has 0 atom stereocenters. The molecule has 0 bridgehead atoms. The van der Waals surface area contributed by atoms with Gasteiger partial charge in [0.1, 0.15) is 11.3 Å². The largest absolute Gasteiger partial charge is 0.494 e. The van der Waals surface area contributed by atoms with Crippen molar-refractivity contribution in [1.82, 2.24) is 10.6 Å². The number of aryl methyl sites for hydroxylation is 2. The van der Waals surface area contributed by atoms with E-state index in [-0.39, 0.29) is 5.57 Å². The van der Waals surface area contributed by atoms with Crippen LogP contribution in [0.4, 0.5) is 4.79 Å². The van der Waals surface area contributed by atoms with E-state index in [0.29, 0.717) is 24.3 Å². The standard InChI is InChI=1S/C22H22N2O4/c1-4-28-19-12-15(11-18-20(25)23-22(27)24-21(18)26)5-6-17(19)10-16-8-13(2)7-14(3)9-16/h5-9,11-12H,4,10H2,1-3H3,(H2,23,24,25,26,27). The zero-order valence-electron chi connectivity index (χ0n) is 16.1. The highest BCUT2D eigenvalue weighted by Crippen LogP contribution is 2.26. The molecule has 144 valence electrons. The summed E-state index contributed by atoms with van der Waals surface area (Å²) in [7, 11) is 0. The molecule has 0 unspecified atom stereocenters. The Morgan fingerprint density at radius 3 is 2.18 bits per heavy atom. The first kappa shape index (κ1) is 19.4. The zero-order chi connectivity index (χ0) is 20.3. The highest BCUT2D eigenvalue weighted by atomic mass is 16.5. The smallest absolute Gasteiger partial charge is 0.328 e. The number of urea groups is 1. The van der Waals surface area contributed by atoms with Crippen LogP contribution in [0.2, 0.25) is 0 Å². The van der Waals surface area contributed by atoms with E-state index >= 15 is 0 Å². The number of barbiturate groups is 1. The van der Waals surface area contributed by atoms with Crippen LogP contribution in [0.5, 0.6) is 5.75 Å². The van der Waals surface area contributed by atoms with Crippen molar-refractivity contribution < 1.29 is 19.1 Å². The van der Waals surface area contributed by atoms with Gasteiger partial charge < -0.3 is 4.74 Å². The highest BCUT2D eigenvalue weighted by Gasteiger charge is 2.27. The third-order valence-corrected chi connectivity index (χ3v) is 4.32. The summed E-state index contributed by atoms with van der Waals surface area (Å²) < 4.78 is 5.79. The maximum absolute atomic E-state index is 11.9. The molecule has 2 aromatic carbocycles. The molecule has 0 saturated carbocycles. The fourth-order valence-electron chi connectivity index (χ4n) is 3.26. The first-order valence-corrected chi connectivity index (χ1v) is 9.07. The van der Waals surface area contributed by atoms with Gasteiger partial charge in [0.25, 0.3) is 11.8 Å². The predicted octanol–water partition coefficient (Wildman–Crippen LogP) is 3.04. The van der Waals surface area contributed by atoms with E-state index in [9.17, 15) is 14.4 Å². The minimum Gasteiger partial charge on any atom is -0.494 e. The van der Waals surface area contributed by atoms with Gasteiger partial charge in [-0.15, -0.1) is 0 Å². The molecule has 4 amide bonds. The van der Waals surface area contributed by atoms with Crippen molar-refractivity contribution in [1.29, 1.82) is 0 Å². The third kappa shape index (κ3) is 4.46. The molecular formula is C22H22N2O4. The normalized spacial score (nSPS) is 13.8. The lowest BCUT2D eigenvalue weighted by Crippen LogP contribution is -2.51. The van der Waals surface area contributed by atoms with Gasteiger partial charge in [0.05, 0.1) is 6.61 Å². The van der Waals surface area contributed by atoms with E-state index in [1.165, 1.54) is 22.8 Å². The van der Waals surface area contributed by atoms with Crippen molar-refractivity contribution in [2.45, 2.75) is 27.2 Å². The number of amides is 4. The molecule has 1 aliphatic rings. The molecule has 3 rings (SSSR count). The predicted molar refractivity (Wildman–Crippen MR) is 106 cm³/mol. The zero-order valence-corrected chi connectivity index (χ0v) is 16.1. The lowest BCUT2D eigenvalue weighted by atomic mass is 9.98. The van der Waals surface area contributed by atoms with Crippen LogP contribution in [0, 0.1) is 13.8 Å². The van der Waals surface area contributed by atoms with Crippen molar-refractivity contribution in [3.05, 3.63) is 69.8 Å². The molecule has 6 heteroatoms. The van der Waals surface area contributed by atoms with E-state index < -0.39 is 17.8 Å². The summed E-state index contributed by atoms with van der Waals surface area (Å²) in [4.78, 5) is 35.0. The summed E-state index contributed by atoms with van der Waals surface area (Å²) in [6.45, 7) is 6.54. The summed E-state index contributed by atoms with van der Waals surface area (Å²) in [5.41, 5.74) is 5.14. The van der Waals surface area contributed by atoms with E-state index in [1.54, 1.807) is 6.07 Å². The second-order valence-corrected chi connectivity index (χ2v) is 6.77. The average molecular weight is 378 g/mol. The molecule has 0 aromatic heterocycles. The summed E-state index contributed by atoms with van der Waals surface area (Å²) in [5.74, 6) is -0.735.